The van der Waals surface area contributed by atoms with E-state index in [1.807, 2.05) is 24.8 Å². The van der Waals surface area contributed by atoms with Crippen LogP contribution in [-0.2, 0) is 30.4 Å². The highest BCUT2D eigenvalue weighted by Crippen LogP contribution is 2.36. The molecule has 6 aromatic rings. The van der Waals surface area contributed by atoms with Crippen LogP contribution in [0.25, 0.3) is 22.5 Å². The summed E-state index contributed by atoms with van der Waals surface area (Å²) in [7, 11) is 0. The minimum absolute atomic E-state index is 0.484. The molecule has 2 unspecified atom stereocenters. The first kappa shape index (κ1) is 35.8. The Bertz CT molecular complexity index is 1770. The van der Waals surface area contributed by atoms with Crippen LogP contribution in [0.4, 0.5) is 0 Å². The lowest BCUT2D eigenvalue weighted by atomic mass is 10.00. The summed E-state index contributed by atoms with van der Waals surface area (Å²) in [6, 6.07) is 34.7. The molecule has 2 atom stereocenters. The number of hydrogen-bond donors (Lipinski definition) is 0. The first-order valence-electron chi connectivity index (χ1n) is 18.7. The van der Waals surface area contributed by atoms with Crippen LogP contribution in [0.15, 0.2) is 122 Å². The summed E-state index contributed by atoms with van der Waals surface area (Å²) in [5.41, 5.74) is 12.6. The molecule has 0 radical (unpaired) electrons. The zero-order valence-corrected chi connectivity index (χ0v) is 30.6. The normalized spacial score (nSPS) is 12.5. The molecule has 0 bridgehead atoms. The molecule has 0 saturated heterocycles. The van der Waals surface area contributed by atoms with Crippen molar-refractivity contribution in [2.45, 2.75) is 91.3 Å². The Morgan fingerprint density at radius 3 is 0.980 bits per heavy atom. The van der Waals surface area contributed by atoms with Crippen LogP contribution >= 0.6 is 0 Å². The van der Waals surface area contributed by atoms with E-state index in [1.165, 1.54) is 22.3 Å². The fraction of sp³-hybridized carbons (Fsp3) is 0.304. The van der Waals surface area contributed by atoms with E-state index in [-0.39, 0.29) is 0 Å². The highest BCUT2D eigenvalue weighted by atomic mass is 16.5. The summed E-state index contributed by atoms with van der Waals surface area (Å²) >= 11 is 0. The number of aromatic nitrogens is 4. The molecule has 6 rings (SSSR count). The van der Waals surface area contributed by atoms with Gasteiger partial charge in [0.15, 0.2) is 0 Å². The third kappa shape index (κ3) is 9.22. The largest absolute Gasteiger partial charge is 0.353 e. The molecular weight excluding hydrogens is 625 g/mol. The molecule has 2 aromatic heterocycles. The second-order valence-corrected chi connectivity index (χ2v) is 13.4. The molecule has 260 valence electrons. The molecule has 0 saturated carbocycles. The number of benzene rings is 4. The van der Waals surface area contributed by atoms with E-state index >= 15 is 0 Å². The monoisotopic (exact) mass is 674 g/mol. The maximum Gasteiger partial charge on any atom is 0.127 e. The second kappa shape index (κ2) is 17.8. The summed E-state index contributed by atoms with van der Waals surface area (Å²) in [5, 5.41) is 0. The van der Waals surface area contributed by atoms with E-state index in [0.717, 1.165) is 96.4 Å². The van der Waals surface area contributed by atoms with Crippen LogP contribution in [0, 0.1) is 0 Å². The highest BCUT2D eigenvalue weighted by molar-refractivity contribution is 5.59. The van der Waals surface area contributed by atoms with Gasteiger partial charge in [0.05, 0.1) is 47.6 Å². The maximum atomic E-state index is 7.17. The smallest absolute Gasteiger partial charge is 0.127 e. The van der Waals surface area contributed by atoms with Crippen LogP contribution in [0.1, 0.15) is 110 Å². The molecule has 2 heterocycles. The van der Waals surface area contributed by atoms with Gasteiger partial charge >= 0.3 is 0 Å². The van der Waals surface area contributed by atoms with Crippen molar-refractivity contribution < 1.29 is 4.74 Å². The van der Waals surface area contributed by atoms with Crippen molar-refractivity contribution >= 4 is 0 Å². The Labute approximate surface area is 304 Å². The minimum Gasteiger partial charge on any atom is -0.353 e. The van der Waals surface area contributed by atoms with Crippen molar-refractivity contribution in [2.75, 3.05) is 0 Å². The van der Waals surface area contributed by atoms with Crippen molar-refractivity contribution in [1.29, 1.82) is 0 Å². The predicted molar refractivity (Wildman–Crippen MR) is 209 cm³/mol. The fourth-order valence-corrected chi connectivity index (χ4v) is 6.58. The van der Waals surface area contributed by atoms with Crippen molar-refractivity contribution in [2.24, 2.45) is 0 Å². The first-order valence-corrected chi connectivity index (χ1v) is 18.7. The van der Waals surface area contributed by atoms with Gasteiger partial charge in [0, 0.05) is 11.1 Å². The summed E-state index contributed by atoms with van der Waals surface area (Å²) in [6.45, 7) is 8.82. The predicted octanol–water partition coefficient (Wildman–Crippen LogP) is 11.3. The standard InChI is InChI=1S/C46H50N4O/c1-5-9-33-13-21-37(22-14-33)41-29-49-43(31-47-41)45(39-25-17-35(11-7-3)18-26-39)51-46(40-27-19-36(12-8-4)20-28-40)44-32-48-42(30-50-44)38-23-15-34(10-6-2)16-24-38/h13-32,45-46H,5-12H2,1-4H3. The van der Waals surface area contributed by atoms with Crippen LogP contribution in [-0.4, -0.2) is 19.9 Å². The fourth-order valence-electron chi connectivity index (χ4n) is 6.58. The van der Waals surface area contributed by atoms with Crippen LogP contribution in [0.5, 0.6) is 0 Å². The SMILES string of the molecule is CCCc1ccc(-c2cnc(C(OC(c3ccc(CCC)cc3)c3cnc(-c4ccc(CCC)cc4)cn3)c3ccc(CCC)cc3)cn2)cc1. The molecule has 0 N–H and O–H groups in total. The highest BCUT2D eigenvalue weighted by Gasteiger charge is 2.26. The third-order valence-electron chi connectivity index (χ3n) is 9.37. The second-order valence-electron chi connectivity index (χ2n) is 13.4. The lowest BCUT2D eigenvalue weighted by molar-refractivity contribution is 0.0258. The van der Waals surface area contributed by atoms with Crippen molar-refractivity contribution in [3.63, 3.8) is 0 Å². The lowest BCUT2D eigenvalue weighted by Crippen LogP contribution is -2.16. The molecule has 4 aromatic carbocycles. The van der Waals surface area contributed by atoms with Gasteiger partial charge < -0.3 is 4.74 Å². The molecule has 0 aliphatic heterocycles. The molecule has 0 aliphatic carbocycles. The van der Waals surface area contributed by atoms with Gasteiger partial charge in [-0.05, 0) is 59.1 Å². The maximum absolute atomic E-state index is 7.17. The Morgan fingerprint density at radius 2 is 0.706 bits per heavy atom. The molecular formula is C46H50N4O. The molecule has 51 heavy (non-hydrogen) atoms. The van der Waals surface area contributed by atoms with Gasteiger partial charge in [-0.1, -0.05) is 150 Å². The molecule has 0 amide bonds. The number of ether oxygens (including phenoxy) is 1. The van der Waals surface area contributed by atoms with Gasteiger partial charge in [-0.3, -0.25) is 19.9 Å². The molecule has 5 heteroatoms. The number of aryl methyl sites for hydroxylation is 4. The minimum atomic E-state index is -0.484. The van der Waals surface area contributed by atoms with E-state index < -0.39 is 12.2 Å². The summed E-state index contributed by atoms with van der Waals surface area (Å²) in [6.07, 6.45) is 15.1. The Morgan fingerprint density at radius 1 is 0.392 bits per heavy atom. The summed E-state index contributed by atoms with van der Waals surface area (Å²) < 4.78 is 7.17. The Hall–Kier alpha value is -5.00. The Kier molecular flexibility index (Phi) is 12.5. The van der Waals surface area contributed by atoms with Gasteiger partial charge in [0.2, 0.25) is 0 Å². The molecule has 0 spiro atoms. The van der Waals surface area contributed by atoms with Gasteiger partial charge in [-0.25, -0.2) is 0 Å². The lowest BCUT2D eigenvalue weighted by Gasteiger charge is -2.25. The summed E-state index contributed by atoms with van der Waals surface area (Å²) in [5.74, 6) is 0. The third-order valence-corrected chi connectivity index (χ3v) is 9.37. The van der Waals surface area contributed by atoms with E-state index in [2.05, 4.69) is 125 Å². The van der Waals surface area contributed by atoms with E-state index in [4.69, 9.17) is 24.7 Å². The first-order chi connectivity index (χ1) is 25.1. The molecule has 0 aliphatic rings. The average molecular weight is 675 g/mol. The number of rotatable bonds is 16. The van der Waals surface area contributed by atoms with Crippen LogP contribution in [0.2, 0.25) is 0 Å². The zero-order valence-electron chi connectivity index (χ0n) is 30.6. The van der Waals surface area contributed by atoms with Crippen molar-refractivity contribution in [1.82, 2.24) is 19.9 Å². The Balaban J connectivity index is 1.36. The average Bonchev–Trinajstić information content (AvgIpc) is 3.18. The molecule has 0 fully saturated rings. The zero-order chi connectivity index (χ0) is 35.4. The topological polar surface area (TPSA) is 60.8 Å². The quantitative estimate of drug-likeness (QED) is 0.102. The number of nitrogens with zero attached hydrogens (tertiary/aromatic N) is 4. The number of hydrogen-bond acceptors (Lipinski definition) is 5. The van der Waals surface area contributed by atoms with Crippen LogP contribution < -0.4 is 0 Å². The van der Waals surface area contributed by atoms with Crippen LogP contribution in [0.3, 0.4) is 0 Å². The van der Waals surface area contributed by atoms with E-state index in [1.54, 1.807) is 0 Å². The van der Waals surface area contributed by atoms with E-state index in [9.17, 15) is 0 Å². The van der Waals surface area contributed by atoms with Gasteiger partial charge in [-0.15, -0.1) is 0 Å². The van der Waals surface area contributed by atoms with Gasteiger partial charge in [0.1, 0.15) is 12.2 Å². The van der Waals surface area contributed by atoms with Crippen molar-refractivity contribution in [3.8, 4) is 22.5 Å². The van der Waals surface area contributed by atoms with E-state index in [0.29, 0.717) is 0 Å². The summed E-state index contributed by atoms with van der Waals surface area (Å²) in [4.78, 5) is 19.7. The molecule has 5 nitrogen and oxygen atoms in total. The van der Waals surface area contributed by atoms with Crippen molar-refractivity contribution in [3.05, 3.63) is 167 Å². The van der Waals surface area contributed by atoms with Gasteiger partial charge in [0.25, 0.3) is 0 Å². The van der Waals surface area contributed by atoms with Gasteiger partial charge in [-0.2, -0.15) is 0 Å².